The Hall–Kier alpha value is 1.30. The molecular weight excluding hydrogens is 478 g/mol. The topological polar surface area (TPSA) is 138 Å². The second-order valence-corrected chi connectivity index (χ2v) is 13.6. The summed E-state index contributed by atoms with van der Waals surface area (Å²) in [6.45, 7) is 6.48. The first-order valence-electron chi connectivity index (χ1n) is 12.3. The van der Waals surface area contributed by atoms with E-state index in [1.807, 2.05) is 0 Å². The van der Waals surface area contributed by atoms with E-state index in [0.717, 1.165) is 25.7 Å². The minimum atomic E-state index is -4.79. The van der Waals surface area contributed by atoms with Gasteiger partial charge in [-0.15, -0.1) is 0 Å². The van der Waals surface area contributed by atoms with Crippen LogP contribution in [-0.2, 0) is 14.9 Å². The largest absolute Gasteiger partial charge is 1.00 e. The molecule has 10 atom stereocenters. The van der Waals surface area contributed by atoms with Crippen molar-refractivity contribution in [2.45, 2.75) is 96.0 Å². The molecule has 0 aromatic heterocycles. The number of hydrogen-bond donors (Lipinski definition) is 2. The molecule has 0 bridgehead atoms. The molecule has 34 heavy (non-hydrogen) atoms. The molecule has 4 aliphatic rings. The first kappa shape index (κ1) is 31.5. The van der Waals surface area contributed by atoms with Crippen LogP contribution in [0.5, 0.6) is 0 Å². The molecule has 4 aliphatic carbocycles. The minimum absolute atomic E-state index is 0. The Morgan fingerprint density at radius 1 is 1.09 bits per heavy atom. The van der Waals surface area contributed by atoms with Gasteiger partial charge in [0.2, 0.25) is 0 Å². The van der Waals surface area contributed by atoms with E-state index in [4.69, 9.17) is 0 Å². The maximum Gasteiger partial charge on any atom is 1.00 e. The first-order chi connectivity index (χ1) is 14.7. The third-order valence-corrected chi connectivity index (χ3v) is 12.1. The second-order valence-electron chi connectivity index (χ2n) is 12.0. The Morgan fingerprint density at radius 2 is 1.74 bits per heavy atom. The van der Waals surface area contributed by atoms with Crippen LogP contribution < -0.4 is 64.2 Å². The fourth-order valence-electron chi connectivity index (χ4n) is 8.91. The standard InChI is InChI=1S/C24H40O7S.2Na/c1-14(4-9-21(26)27)17-7-8-18-16-6-5-15-13-24(28,32(29,30)31)11-10-22(15,2)19(16)12-20(25)23(17,18)3;;/h14-20,25,28H,4-13H2,1-3H3,(H,26,27)(H,29,30,31);;/q;2*+1/p-2/t14-,15-,16+,17-,18+,19+,20+,22+,23-,24+;;/m1../s1. The molecule has 2 N–H and O–H groups in total. The fourth-order valence-corrected chi connectivity index (χ4v) is 9.67. The van der Waals surface area contributed by atoms with E-state index in [-0.39, 0.29) is 113 Å². The molecule has 0 aliphatic heterocycles. The van der Waals surface area contributed by atoms with Crippen LogP contribution in [0.4, 0.5) is 0 Å². The van der Waals surface area contributed by atoms with Crippen LogP contribution in [0, 0.1) is 46.3 Å². The third kappa shape index (κ3) is 5.01. The van der Waals surface area contributed by atoms with E-state index in [1.165, 1.54) is 0 Å². The number of carbonyl (C=O) groups is 1. The van der Waals surface area contributed by atoms with Gasteiger partial charge in [0.1, 0.15) is 10.1 Å². The van der Waals surface area contributed by atoms with Gasteiger partial charge in [0, 0.05) is 5.97 Å². The Kier molecular flexibility index (Phi) is 10.0. The van der Waals surface area contributed by atoms with Gasteiger partial charge in [0.15, 0.2) is 4.93 Å². The van der Waals surface area contributed by atoms with E-state index in [2.05, 4.69) is 20.8 Å². The van der Waals surface area contributed by atoms with Crippen molar-refractivity contribution in [3.63, 3.8) is 0 Å². The quantitative estimate of drug-likeness (QED) is 0.281. The van der Waals surface area contributed by atoms with Gasteiger partial charge in [0.25, 0.3) is 0 Å². The minimum Gasteiger partial charge on any atom is -0.746 e. The molecule has 0 aromatic rings. The molecule has 0 saturated heterocycles. The van der Waals surface area contributed by atoms with Gasteiger partial charge in [-0.3, -0.25) is 0 Å². The van der Waals surface area contributed by atoms with Gasteiger partial charge < -0.3 is 24.7 Å². The number of fused-ring (bicyclic) bond motifs is 5. The van der Waals surface area contributed by atoms with E-state index < -0.39 is 27.1 Å². The number of hydrogen-bond acceptors (Lipinski definition) is 7. The van der Waals surface area contributed by atoms with Gasteiger partial charge in [-0.25, -0.2) is 8.42 Å². The van der Waals surface area contributed by atoms with Crippen LogP contribution in [0.15, 0.2) is 0 Å². The summed E-state index contributed by atoms with van der Waals surface area (Å²) >= 11 is 0. The summed E-state index contributed by atoms with van der Waals surface area (Å²) in [6, 6.07) is 0. The first-order valence-corrected chi connectivity index (χ1v) is 13.7. The normalized spacial score (nSPS) is 46.6. The number of aliphatic carboxylic acids is 1. The molecule has 4 rings (SSSR count). The van der Waals surface area contributed by atoms with E-state index in [1.54, 1.807) is 0 Å². The number of carboxylic acid groups (broad SMARTS) is 1. The second kappa shape index (κ2) is 10.8. The molecule has 0 aromatic carbocycles. The predicted octanol–water partition coefficient (Wildman–Crippen LogP) is -3.98. The molecule has 7 nitrogen and oxygen atoms in total. The molecule has 184 valence electrons. The molecule has 0 amide bonds. The Labute approximate surface area is 248 Å². The molecule has 0 unspecified atom stereocenters. The van der Waals surface area contributed by atoms with Crippen molar-refractivity contribution >= 4 is 16.1 Å². The van der Waals surface area contributed by atoms with Gasteiger partial charge in [0.05, 0.1) is 6.10 Å². The van der Waals surface area contributed by atoms with E-state index in [9.17, 15) is 33.1 Å². The van der Waals surface area contributed by atoms with Crippen molar-refractivity contribution in [1.82, 2.24) is 0 Å². The molecular formula is C24H38Na2O7S. The molecule has 10 heteroatoms. The van der Waals surface area contributed by atoms with Crippen molar-refractivity contribution in [2.75, 3.05) is 0 Å². The summed E-state index contributed by atoms with van der Waals surface area (Å²) in [6.07, 6.45) is 4.95. The fraction of sp³-hybridized carbons (Fsp3) is 0.958. The number of aliphatic hydroxyl groups excluding tert-OH is 1. The maximum atomic E-state index is 11.7. The average molecular weight is 517 g/mol. The molecule has 0 spiro atoms. The SMILES string of the molecule is C[C@H](CCC(=O)[O-])[C@H]1CC[C@H]2[C@@H]3CC[C@@H]4C[C@@](O)(S(=O)(=O)[O-])CC[C@]4(C)[C@H]3C[C@H](O)[C@]12C.[Na+].[Na+]. The van der Waals surface area contributed by atoms with Crippen molar-refractivity contribution < 1.29 is 92.2 Å². The Bertz CT molecular complexity index is 869. The van der Waals surface area contributed by atoms with Gasteiger partial charge in [-0.2, -0.15) is 0 Å². The van der Waals surface area contributed by atoms with Crippen molar-refractivity contribution in [3.05, 3.63) is 0 Å². The van der Waals surface area contributed by atoms with E-state index in [0.29, 0.717) is 31.1 Å². The zero-order valence-electron chi connectivity index (χ0n) is 21.5. The number of aliphatic hydroxyl groups is 2. The van der Waals surface area contributed by atoms with Crippen LogP contribution in [0.1, 0.15) is 85.0 Å². The summed E-state index contributed by atoms with van der Waals surface area (Å²) in [5.74, 6) is 0.437. The summed E-state index contributed by atoms with van der Waals surface area (Å²) in [4.78, 5) is 8.81. The van der Waals surface area contributed by atoms with Crippen molar-refractivity contribution in [1.29, 1.82) is 0 Å². The van der Waals surface area contributed by atoms with Crippen LogP contribution in [0.25, 0.3) is 0 Å². The van der Waals surface area contributed by atoms with Crippen LogP contribution >= 0.6 is 0 Å². The number of carboxylic acids is 1. The van der Waals surface area contributed by atoms with Crippen molar-refractivity contribution in [3.8, 4) is 0 Å². The van der Waals surface area contributed by atoms with Crippen molar-refractivity contribution in [2.24, 2.45) is 46.3 Å². The smallest absolute Gasteiger partial charge is 0.746 e. The van der Waals surface area contributed by atoms with Gasteiger partial charge in [-0.05, 0) is 111 Å². The Balaban J connectivity index is 0.00000204. The Morgan fingerprint density at radius 3 is 2.32 bits per heavy atom. The predicted molar refractivity (Wildman–Crippen MR) is 115 cm³/mol. The molecule has 4 fully saturated rings. The molecule has 0 radical (unpaired) electrons. The van der Waals surface area contributed by atoms with Crippen LogP contribution in [-0.4, -0.2) is 40.2 Å². The molecule has 4 saturated carbocycles. The van der Waals surface area contributed by atoms with Gasteiger partial charge in [-0.1, -0.05) is 20.8 Å². The van der Waals surface area contributed by atoms with Crippen LogP contribution in [0.3, 0.4) is 0 Å². The summed E-state index contributed by atoms with van der Waals surface area (Å²) in [5.41, 5.74) is -0.440. The van der Waals surface area contributed by atoms with E-state index >= 15 is 0 Å². The van der Waals surface area contributed by atoms with Crippen LogP contribution in [0.2, 0.25) is 0 Å². The van der Waals surface area contributed by atoms with Gasteiger partial charge >= 0.3 is 59.1 Å². The number of carbonyl (C=O) groups excluding carboxylic acids is 1. The monoisotopic (exact) mass is 516 g/mol. The summed E-state index contributed by atoms with van der Waals surface area (Å²) < 4.78 is 35.2. The average Bonchev–Trinajstić information content (AvgIpc) is 3.05. The molecule has 0 heterocycles. The maximum absolute atomic E-state index is 11.7. The summed E-state index contributed by atoms with van der Waals surface area (Å²) in [7, 11) is -4.79. The number of rotatable bonds is 5. The zero-order chi connectivity index (χ0) is 23.7. The zero-order valence-corrected chi connectivity index (χ0v) is 26.3. The third-order valence-electron chi connectivity index (χ3n) is 10.8. The summed E-state index contributed by atoms with van der Waals surface area (Å²) in [5, 5.41) is 33.1.